The summed E-state index contributed by atoms with van der Waals surface area (Å²) in [4.78, 5) is 14.4. The number of carbonyl (C=O) groups is 1. The number of nitrogens with zero attached hydrogens (tertiary/aromatic N) is 1. The van der Waals surface area contributed by atoms with Crippen LogP contribution >= 0.6 is 0 Å². The van der Waals surface area contributed by atoms with Gasteiger partial charge in [0, 0.05) is 18.7 Å². The van der Waals surface area contributed by atoms with Crippen LogP contribution in [0.3, 0.4) is 0 Å². The van der Waals surface area contributed by atoms with Crippen molar-refractivity contribution in [2.75, 3.05) is 13.6 Å². The molecule has 0 saturated heterocycles. The predicted octanol–water partition coefficient (Wildman–Crippen LogP) is 2.54. The van der Waals surface area contributed by atoms with Gasteiger partial charge in [-0.25, -0.2) is 4.39 Å². The summed E-state index contributed by atoms with van der Waals surface area (Å²) in [6, 6.07) is 4.38. The quantitative estimate of drug-likeness (QED) is 0.850. The van der Waals surface area contributed by atoms with E-state index >= 15 is 0 Å². The van der Waals surface area contributed by atoms with E-state index in [0.29, 0.717) is 11.1 Å². The van der Waals surface area contributed by atoms with Gasteiger partial charge in [-0.15, -0.1) is 0 Å². The van der Waals surface area contributed by atoms with Crippen molar-refractivity contribution in [1.29, 1.82) is 0 Å². The van der Waals surface area contributed by atoms with E-state index in [0.717, 1.165) is 25.7 Å². The molecule has 1 aliphatic rings. The minimum atomic E-state index is -0.395. The lowest BCUT2D eigenvalue weighted by molar-refractivity contribution is 0.0696. The lowest BCUT2D eigenvalue weighted by atomic mass is 9.94. The number of benzene rings is 1. The molecule has 1 aromatic carbocycles. The van der Waals surface area contributed by atoms with Crippen molar-refractivity contribution >= 4 is 5.91 Å². The molecule has 0 bridgehead atoms. The lowest BCUT2D eigenvalue weighted by Gasteiger charge is -2.31. The number of carbonyl (C=O) groups excluding carboxylic acids is 1. The van der Waals surface area contributed by atoms with E-state index < -0.39 is 5.82 Å². The predicted molar refractivity (Wildman–Crippen MR) is 81.3 cm³/mol. The van der Waals surface area contributed by atoms with E-state index in [1.165, 1.54) is 24.6 Å². The van der Waals surface area contributed by atoms with E-state index in [1.807, 2.05) is 7.05 Å². The first kappa shape index (κ1) is 15.5. The minimum Gasteiger partial charge on any atom is -0.339 e. The molecule has 2 N–H and O–H groups in total. The standard InChI is InChI=1S/C17H21FN2O/c1-20(15-7-3-2-4-8-15)17(21)16-10-9-14(18)12-13(16)6-5-11-19/h9-10,12,15H,2-4,7-8,11,19H2,1H3. The number of halogens is 1. The molecular weight excluding hydrogens is 267 g/mol. The van der Waals surface area contributed by atoms with Gasteiger partial charge in [0.15, 0.2) is 0 Å². The van der Waals surface area contributed by atoms with Gasteiger partial charge in [0.1, 0.15) is 5.82 Å². The first-order valence-corrected chi connectivity index (χ1v) is 7.39. The van der Waals surface area contributed by atoms with E-state index in [4.69, 9.17) is 5.73 Å². The third-order valence-corrected chi connectivity index (χ3v) is 3.98. The Morgan fingerprint density at radius 1 is 1.38 bits per heavy atom. The largest absolute Gasteiger partial charge is 0.339 e. The van der Waals surface area contributed by atoms with Crippen molar-refractivity contribution in [1.82, 2.24) is 4.90 Å². The highest BCUT2D eigenvalue weighted by Gasteiger charge is 2.24. The Morgan fingerprint density at radius 2 is 2.10 bits per heavy atom. The first-order chi connectivity index (χ1) is 10.1. The number of nitrogens with two attached hydrogens (primary N) is 1. The Hall–Kier alpha value is -1.86. The van der Waals surface area contributed by atoms with Gasteiger partial charge in [-0.1, -0.05) is 31.1 Å². The molecule has 0 aromatic heterocycles. The van der Waals surface area contributed by atoms with Crippen molar-refractivity contribution in [3.05, 3.63) is 35.1 Å². The van der Waals surface area contributed by atoms with Crippen molar-refractivity contribution in [3.8, 4) is 11.8 Å². The molecule has 1 aromatic rings. The SMILES string of the molecule is CN(C(=O)c1ccc(F)cc1C#CCN)C1CCCCC1. The highest BCUT2D eigenvalue weighted by molar-refractivity contribution is 5.96. The molecule has 21 heavy (non-hydrogen) atoms. The number of hydrogen-bond donors (Lipinski definition) is 1. The second kappa shape index (κ2) is 7.24. The van der Waals surface area contributed by atoms with Gasteiger partial charge >= 0.3 is 0 Å². The molecule has 1 amide bonds. The number of hydrogen-bond acceptors (Lipinski definition) is 2. The lowest BCUT2D eigenvalue weighted by Crippen LogP contribution is -2.38. The van der Waals surface area contributed by atoms with Crippen LogP contribution < -0.4 is 5.73 Å². The molecule has 3 nitrogen and oxygen atoms in total. The molecular formula is C17H21FN2O. The van der Waals surface area contributed by atoms with Crippen LogP contribution in [0.15, 0.2) is 18.2 Å². The highest BCUT2D eigenvalue weighted by Crippen LogP contribution is 2.23. The van der Waals surface area contributed by atoms with Crippen LogP contribution in [0.1, 0.15) is 48.0 Å². The van der Waals surface area contributed by atoms with Crippen LogP contribution in [-0.4, -0.2) is 30.4 Å². The Morgan fingerprint density at radius 3 is 2.76 bits per heavy atom. The second-order valence-electron chi connectivity index (χ2n) is 5.40. The Kier molecular flexibility index (Phi) is 5.35. The topological polar surface area (TPSA) is 46.3 Å². The molecule has 1 aliphatic carbocycles. The Labute approximate surface area is 125 Å². The summed E-state index contributed by atoms with van der Waals surface area (Å²) in [5.74, 6) is 4.99. The monoisotopic (exact) mass is 288 g/mol. The van der Waals surface area contributed by atoms with Crippen molar-refractivity contribution < 1.29 is 9.18 Å². The van der Waals surface area contributed by atoms with Crippen LogP contribution in [0.2, 0.25) is 0 Å². The molecule has 1 fully saturated rings. The molecule has 0 radical (unpaired) electrons. The zero-order valence-corrected chi connectivity index (χ0v) is 12.4. The maximum atomic E-state index is 13.4. The molecule has 2 rings (SSSR count). The fraction of sp³-hybridized carbons (Fsp3) is 0.471. The summed E-state index contributed by atoms with van der Waals surface area (Å²) >= 11 is 0. The van der Waals surface area contributed by atoms with Gasteiger partial charge in [0.05, 0.1) is 12.1 Å². The van der Waals surface area contributed by atoms with Gasteiger partial charge in [0.25, 0.3) is 5.91 Å². The Balaban J connectivity index is 2.25. The van der Waals surface area contributed by atoms with Gasteiger partial charge in [-0.05, 0) is 31.0 Å². The molecule has 112 valence electrons. The highest BCUT2D eigenvalue weighted by atomic mass is 19.1. The molecule has 0 heterocycles. The zero-order chi connectivity index (χ0) is 15.2. The van der Waals surface area contributed by atoms with Gasteiger partial charge in [0.2, 0.25) is 0 Å². The average Bonchev–Trinajstić information content (AvgIpc) is 2.52. The molecule has 4 heteroatoms. The van der Waals surface area contributed by atoms with E-state index in [1.54, 1.807) is 4.90 Å². The van der Waals surface area contributed by atoms with E-state index in [-0.39, 0.29) is 18.5 Å². The van der Waals surface area contributed by atoms with Crippen LogP contribution in [0, 0.1) is 17.7 Å². The third-order valence-electron chi connectivity index (χ3n) is 3.98. The van der Waals surface area contributed by atoms with Gasteiger partial charge < -0.3 is 10.6 Å². The number of rotatable bonds is 2. The smallest absolute Gasteiger partial charge is 0.255 e. The fourth-order valence-electron chi connectivity index (χ4n) is 2.78. The van der Waals surface area contributed by atoms with Crippen LogP contribution in [0.25, 0.3) is 0 Å². The normalized spacial score (nSPS) is 15.2. The second-order valence-corrected chi connectivity index (χ2v) is 5.40. The maximum absolute atomic E-state index is 13.4. The van der Waals surface area contributed by atoms with E-state index in [9.17, 15) is 9.18 Å². The number of amides is 1. The van der Waals surface area contributed by atoms with Crippen LogP contribution in [-0.2, 0) is 0 Å². The summed E-state index contributed by atoms with van der Waals surface area (Å²) in [5.41, 5.74) is 6.21. The summed E-state index contributed by atoms with van der Waals surface area (Å²) < 4.78 is 13.4. The van der Waals surface area contributed by atoms with Gasteiger partial charge in [-0.2, -0.15) is 0 Å². The first-order valence-electron chi connectivity index (χ1n) is 7.39. The zero-order valence-electron chi connectivity index (χ0n) is 12.4. The fourth-order valence-corrected chi connectivity index (χ4v) is 2.78. The third kappa shape index (κ3) is 3.83. The molecule has 0 unspecified atom stereocenters. The Bertz CT molecular complexity index is 568. The average molecular weight is 288 g/mol. The van der Waals surface area contributed by atoms with Gasteiger partial charge in [-0.3, -0.25) is 4.79 Å². The molecule has 0 spiro atoms. The molecule has 0 aliphatic heterocycles. The van der Waals surface area contributed by atoms with Crippen LogP contribution in [0.4, 0.5) is 4.39 Å². The van der Waals surface area contributed by atoms with Crippen molar-refractivity contribution in [3.63, 3.8) is 0 Å². The summed E-state index contributed by atoms with van der Waals surface area (Å²) in [7, 11) is 1.82. The summed E-state index contributed by atoms with van der Waals surface area (Å²) in [5, 5.41) is 0. The minimum absolute atomic E-state index is 0.0942. The summed E-state index contributed by atoms with van der Waals surface area (Å²) in [6.45, 7) is 0.183. The molecule has 1 saturated carbocycles. The maximum Gasteiger partial charge on any atom is 0.255 e. The van der Waals surface area contributed by atoms with Crippen molar-refractivity contribution in [2.45, 2.75) is 38.1 Å². The van der Waals surface area contributed by atoms with Crippen LogP contribution in [0.5, 0.6) is 0 Å². The molecule has 0 atom stereocenters. The van der Waals surface area contributed by atoms with Crippen molar-refractivity contribution in [2.24, 2.45) is 5.73 Å². The summed E-state index contributed by atoms with van der Waals surface area (Å²) in [6.07, 6.45) is 5.62. The van der Waals surface area contributed by atoms with E-state index in [2.05, 4.69) is 11.8 Å².